The molecule has 0 saturated carbocycles. The zero-order valence-electron chi connectivity index (χ0n) is 9.58. The van der Waals surface area contributed by atoms with Gasteiger partial charge in [-0.05, 0) is 12.5 Å². The number of carbonyl (C=O) groups excluding carboxylic acids is 1. The van der Waals surface area contributed by atoms with Crippen molar-refractivity contribution in [3.63, 3.8) is 0 Å². The van der Waals surface area contributed by atoms with Crippen molar-refractivity contribution in [3.05, 3.63) is 47.8 Å². The van der Waals surface area contributed by atoms with Gasteiger partial charge in [-0.2, -0.15) is 0 Å². The summed E-state index contributed by atoms with van der Waals surface area (Å²) >= 11 is 0. The third-order valence-electron chi connectivity index (χ3n) is 2.18. The number of halogens is 2. The van der Waals surface area contributed by atoms with E-state index in [0.29, 0.717) is 6.42 Å². The summed E-state index contributed by atoms with van der Waals surface area (Å²) in [6, 6.07) is 5.35. The Bertz CT molecular complexity index is 416. The molecule has 0 aliphatic carbocycles. The maximum atomic E-state index is 13.8. The molecule has 0 aliphatic heterocycles. The van der Waals surface area contributed by atoms with E-state index in [9.17, 15) is 13.6 Å². The highest BCUT2D eigenvalue weighted by atomic mass is 19.1. The lowest BCUT2D eigenvalue weighted by atomic mass is 10.0. The molecule has 1 aromatic carbocycles. The standard InChI is InChI=1S/C13H14F2O2/c1-3-8-17-13(16)9(2)12(15)10-6-4-5-7-11(10)14/h4-7,12H,2-3,8H2,1H3. The largest absolute Gasteiger partial charge is 0.462 e. The first-order valence-corrected chi connectivity index (χ1v) is 5.32. The molecule has 0 radical (unpaired) electrons. The molecule has 0 spiro atoms. The van der Waals surface area contributed by atoms with Crippen LogP contribution in [0.15, 0.2) is 36.4 Å². The van der Waals surface area contributed by atoms with Crippen molar-refractivity contribution in [2.75, 3.05) is 6.61 Å². The minimum atomic E-state index is -1.87. The van der Waals surface area contributed by atoms with Crippen LogP contribution in [-0.2, 0) is 9.53 Å². The fourth-order valence-electron chi connectivity index (χ4n) is 1.26. The molecular weight excluding hydrogens is 226 g/mol. The number of benzene rings is 1. The fourth-order valence-corrected chi connectivity index (χ4v) is 1.26. The Balaban J connectivity index is 2.76. The number of rotatable bonds is 5. The zero-order valence-corrected chi connectivity index (χ0v) is 9.58. The number of hydrogen-bond acceptors (Lipinski definition) is 2. The molecule has 1 atom stereocenters. The van der Waals surface area contributed by atoms with Crippen LogP contribution in [0.4, 0.5) is 8.78 Å². The third-order valence-corrected chi connectivity index (χ3v) is 2.18. The molecule has 0 aromatic heterocycles. The van der Waals surface area contributed by atoms with E-state index in [0.717, 1.165) is 6.07 Å². The highest BCUT2D eigenvalue weighted by molar-refractivity contribution is 5.89. The number of alkyl halides is 1. The molecule has 0 saturated heterocycles. The predicted octanol–water partition coefficient (Wildman–Crippen LogP) is 3.35. The number of ether oxygens (including phenoxy) is 1. The Kier molecular flexibility index (Phi) is 4.82. The maximum absolute atomic E-state index is 13.8. The number of esters is 1. The van der Waals surface area contributed by atoms with Crippen LogP contribution in [0, 0.1) is 5.82 Å². The van der Waals surface area contributed by atoms with Gasteiger partial charge in [-0.1, -0.05) is 31.7 Å². The highest BCUT2D eigenvalue weighted by Crippen LogP contribution is 2.27. The van der Waals surface area contributed by atoms with Crippen LogP contribution in [-0.4, -0.2) is 12.6 Å². The van der Waals surface area contributed by atoms with Crippen LogP contribution in [0.3, 0.4) is 0 Å². The Hall–Kier alpha value is -1.71. The minimum Gasteiger partial charge on any atom is -0.462 e. The molecule has 2 nitrogen and oxygen atoms in total. The summed E-state index contributed by atoms with van der Waals surface area (Å²) in [5.74, 6) is -1.54. The summed E-state index contributed by atoms with van der Waals surface area (Å²) in [5.41, 5.74) is -0.588. The van der Waals surface area contributed by atoms with Gasteiger partial charge in [0.2, 0.25) is 0 Å². The highest BCUT2D eigenvalue weighted by Gasteiger charge is 2.23. The molecule has 1 rings (SSSR count). The second-order valence-electron chi connectivity index (χ2n) is 3.55. The van der Waals surface area contributed by atoms with E-state index in [1.54, 1.807) is 0 Å². The van der Waals surface area contributed by atoms with Gasteiger partial charge >= 0.3 is 5.97 Å². The normalized spacial score (nSPS) is 11.9. The van der Waals surface area contributed by atoms with E-state index in [2.05, 4.69) is 6.58 Å². The van der Waals surface area contributed by atoms with E-state index < -0.39 is 18.0 Å². The first-order valence-electron chi connectivity index (χ1n) is 5.32. The van der Waals surface area contributed by atoms with E-state index >= 15 is 0 Å². The third kappa shape index (κ3) is 3.37. The average molecular weight is 240 g/mol. The quantitative estimate of drug-likeness (QED) is 0.582. The summed E-state index contributed by atoms with van der Waals surface area (Å²) in [5, 5.41) is 0. The van der Waals surface area contributed by atoms with Crippen molar-refractivity contribution in [2.45, 2.75) is 19.5 Å². The first-order chi connectivity index (χ1) is 8.07. The Labute approximate surface area is 98.9 Å². The van der Waals surface area contributed by atoms with Crippen molar-refractivity contribution >= 4 is 5.97 Å². The van der Waals surface area contributed by atoms with Gasteiger partial charge < -0.3 is 4.74 Å². The second kappa shape index (κ2) is 6.13. The molecule has 0 fully saturated rings. The maximum Gasteiger partial charge on any atom is 0.336 e. The van der Waals surface area contributed by atoms with Crippen LogP contribution in [0.25, 0.3) is 0 Å². The lowest BCUT2D eigenvalue weighted by molar-refractivity contribution is -0.139. The van der Waals surface area contributed by atoms with Crippen LogP contribution in [0.1, 0.15) is 25.1 Å². The van der Waals surface area contributed by atoms with Crippen LogP contribution in [0.2, 0.25) is 0 Å². The van der Waals surface area contributed by atoms with Gasteiger partial charge in [0.15, 0.2) is 6.17 Å². The topological polar surface area (TPSA) is 26.3 Å². The average Bonchev–Trinajstić information content (AvgIpc) is 2.34. The van der Waals surface area contributed by atoms with Crippen molar-refractivity contribution in [1.82, 2.24) is 0 Å². The first kappa shape index (κ1) is 13.4. The molecule has 0 aliphatic rings. The molecule has 92 valence electrons. The van der Waals surface area contributed by atoms with E-state index in [1.165, 1.54) is 18.2 Å². The van der Waals surface area contributed by atoms with Crippen LogP contribution in [0.5, 0.6) is 0 Å². The number of hydrogen-bond donors (Lipinski definition) is 0. The van der Waals surface area contributed by atoms with Crippen LogP contribution >= 0.6 is 0 Å². The minimum absolute atomic E-state index is 0.196. The SMILES string of the molecule is C=C(C(=O)OCCC)C(F)c1ccccc1F. The second-order valence-corrected chi connectivity index (χ2v) is 3.55. The van der Waals surface area contributed by atoms with Gasteiger partial charge in [-0.3, -0.25) is 0 Å². The zero-order chi connectivity index (χ0) is 12.8. The summed E-state index contributed by atoms with van der Waals surface area (Å²) in [7, 11) is 0. The van der Waals surface area contributed by atoms with Gasteiger partial charge in [-0.15, -0.1) is 0 Å². The Morgan fingerprint density at radius 3 is 2.71 bits per heavy atom. The van der Waals surface area contributed by atoms with Gasteiger partial charge in [0.1, 0.15) is 5.82 Å². The molecule has 0 N–H and O–H groups in total. The molecular formula is C13H14F2O2. The van der Waals surface area contributed by atoms with Crippen molar-refractivity contribution in [3.8, 4) is 0 Å². The van der Waals surface area contributed by atoms with Gasteiger partial charge in [0, 0.05) is 5.56 Å². The van der Waals surface area contributed by atoms with Crippen LogP contribution < -0.4 is 0 Å². The molecule has 0 heterocycles. The van der Waals surface area contributed by atoms with Crippen molar-refractivity contribution in [1.29, 1.82) is 0 Å². The van der Waals surface area contributed by atoms with Gasteiger partial charge in [0.05, 0.1) is 12.2 Å². The molecule has 1 aromatic rings. The lowest BCUT2D eigenvalue weighted by Crippen LogP contribution is -2.12. The smallest absolute Gasteiger partial charge is 0.336 e. The number of carbonyl (C=O) groups is 1. The van der Waals surface area contributed by atoms with Crippen molar-refractivity contribution in [2.24, 2.45) is 0 Å². The summed E-state index contributed by atoms with van der Waals surface area (Å²) in [4.78, 5) is 11.3. The molecule has 4 heteroatoms. The predicted molar refractivity (Wildman–Crippen MR) is 60.6 cm³/mol. The fraction of sp³-hybridized carbons (Fsp3) is 0.308. The van der Waals surface area contributed by atoms with E-state index in [-0.39, 0.29) is 17.7 Å². The lowest BCUT2D eigenvalue weighted by Gasteiger charge is -2.11. The Morgan fingerprint density at radius 2 is 2.12 bits per heavy atom. The van der Waals surface area contributed by atoms with Crippen molar-refractivity contribution < 1.29 is 18.3 Å². The molecule has 17 heavy (non-hydrogen) atoms. The van der Waals surface area contributed by atoms with Gasteiger partial charge in [-0.25, -0.2) is 13.6 Å². The van der Waals surface area contributed by atoms with Gasteiger partial charge in [0.25, 0.3) is 0 Å². The Morgan fingerprint density at radius 1 is 1.47 bits per heavy atom. The summed E-state index contributed by atoms with van der Waals surface area (Å²) in [6.07, 6.45) is -1.24. The molecule has 0 amide bonds. The molecule has 1 unspecified atom stereocenters. The van der Waals surface area contributed by atoms with E-state index in [1.807, 2.05) is 6.92 Å². The summed E-state index contributed by atoms with van der Waals surface area (Å²) < 4.78 is 31.8. The molecule has 0 bridgehead atoms. The van der Waals surface area contributed by atoms with E-state index in [4.69, 9.17) is 4.74 Å². The monoisotopic (exact) mass is 240 g/mol. The summed E-state index contributed by atoms with van der Waals surface area (Å²) in [6.45, 7) is 5.32.